The molecule has 0 bridgehead atoms. The Morgan fingerprint density at radius 3 is 2.21 bits per heavy atom. The minimum atomic E-state index is -0.541. The molecular formula is C20H24Cl2N4O3. The quantitative estimate of drug-likeness (QED) is 0.660. The molecule has 1 aromatic carbocycles. The monoisotopic (exact) mass is 438 g/mol. The number of piperazine rings is 1. The summed E-state index contributed by atoms with van der Waals surface area (Å²) in [5, 5.41) is 0.709. The van der Waals surface area contributed by atoms with Crippen molar-refractivity contribution in [3.8, 4) is 0 Å². The summed E-state index contributed by atoms with van der Waals surface area (Å²) in [6, 6.07) is 3.22. The summed E-state index contributed by atoms with van der Waals surface area (Å²) in [6.07, 6.45) is 0.811. The van der Waals surface area contributed by atoms with E-state index in [0.717, 1.165) is 6.42 Å². The van der Waals surface area contributed by atoms with Gasteiger partial charge in [0.15, 0.2) is 11.5 Å². The van der Waals surface area contributed by atoms with E-state index in [1.807, 2.05) is 23.6 Å². The first kappa shape index (κ1) is 21.6. The Morgan fingerprint density at radius 1 is 1.07 bits per heavy atom. The molecule has 1 atom stereocenters. The molecule has 2 aromatic rings. The number of hydrogen-bond donors (Lipinski definition) is 0. The van der Waals surface area contributed by atoms with Gasteiger partial charge in [0, 0.05) is 32.1 Å². The molecule has 3 rings (SSSR count). The lowest BCUT2D eigenvalue weighted by molar-refractivity contribution is -0.135. The number of aromatic nitrogens is 2. The Bertz CT molecular complexity index is 930. The fourth-order valence-electron chi connectivity index (χ4n) is 3.22. The molecular weight excluding hydrogens is 415 g/mol. The van der Waals surface area contributed by atoms with Crippen LogP contribution in [0.3, 0.4) is 0 Å². The van der Waals surface area contributed by atoms with Gasteiger partial charge in [-0.05, 0) is 25.5 Å². The SMILES string of the molecule is CCOC(=O)c1nc2cc(Cl)c(Cl)cc2nc1N1CCN(C(=O)[C@H](C)CC)CC1. The first-order valence-corrected chi connectivity index (χ1v) is 10.5. The summed E-state index contributed by atoms with van der Waals surface area (Å²) in [5.41, 5.74) is 1.15. The van der Waals surface area contributed by atoms with E-state index in [4.69, 9.17) is 27.9 Å². The van der Waals surface area contributed by atoms with Crippen LogP contribution in [0.15, 0.2) is 12.1 Å². The second-order valence-electron chi connectivity index (χ2n) is 6.99. The third kappa shape index (κ3) is 4.56. The first-order chi connectivity index (χ1) is 13.8. The molecule has 0 spiro atoms. The van der Waals surface area contributed by atoms with Gasteiger partial charge in [0.25, 0.3) is 0 Å². The van der Waals surface area contributed by atoms with Gasteiger partial charge in [-0.15, -0.1) is 0 Å². The zero-order valence-corrected chi connectivity index (χ0v) is 18.3. The summed E-state index contributed by atoms with van der Waals surface area (Å²) < 4.78 is 5.18. The van der Waals surface area contributed by atoms with E-state index in [-0.39, 0.29) is 24.1 Å². The van der Waals surface area contributed by atoms with Crippen LogP contribution in [0.5, 0.6) is 0 Å². The Hall–Kier alpha value is -2.12. The van der Waals surface area contributed by atoms with E-state index in [0.29, 0.717) is 53.1 Å². The third-order valence-electron chi connectivity index (χ3n) is 5.08. The van der Waals surface area contributed by atoms with Crippen LogP contribution in [0, 0.1) is 5.92 Å². The normalized spacial score (nSPS) is 15.5. The fraction of sp³-hybridized carbons (Fsp3) is 0.500. The van der Waals surface area contributed by atoms with E-state index < -0.39 is 5.97 Å². The van der Waals surface area contributed by atoms with Crippen molar-refractivity contribution >= 4 is 51.9 Å². The van der Waals surface area contributed by atoms with Crippen LogP contribution in [0.2, 0.25) is 10.0 Å². The average Bonchev–Trinajstić information content (AvgIpc) is 2.73. The predicted octanol–water partition coefficient (Wildman–Crippen LogP) is 3.81. The van der Waals surface area contributed by atoms with Gasteiger partial charge in [-0.2, -0.15) is 0 Å². The molecule has 0 unspecified atom stereocenters. The Balaban J connectivity index is 1.93. The number of halogens is 2. The zero-order valence-electron chi connectivity index (χ0n) is 16.7. The number of benzene rings is 1. The van der Waals surface area contributed by atoms with Gasteiger partial charge in [-0.1, -0.05) is 37.0 Å². The van der Waals surface area contributed by atoms with Gasteiger partial charge in [-0.25, -0.2) is 14.8 Å². The van der Waals surface area contributed by atoms with Gasteiger partial charge in [0.2, 0.25) is 5.91 Å². The van der Waals surface area contributed by atoms with Crippen LogP contribution in [0.1, 0.15) is 37.7 Å². The van der Waals surface area contributed by atoms with E-state index >= 15 is 0 Å². The van der Waals surface area contributed by atoms with Crippen LogP contribution in [-0.2, 0) is 9.53 Å². The number of ether oxygens (including phenoxy) is 1. The molecule has 1 saturated heterocycles. The molecule has 29 heavy (non-hydrogen) atoms. The van der Waals surface area contributed by atoms with Crippen molar-refractivity contribution in [1.82, 2.24) is 14.9 Å². The highest BCUT2D eigenvalue weighted by molar-refractivity contribution is 6.42. The number of esters is 1. The first-order valence-electron chi connectivity index (χ1n) is 9.73. The van der Waals surface area contributed by atoms with Crippen molar-refractivity contribution in [3.05, 3.63) is 27.9 Å². The minimum Gasteiger partial charge on any atom is -0.461 e. The summed E-state index contributed by atoms with van der Waals surface area (Å²) >= 11 is 12.2. The summed E-state index contributed by atoms with van der Waals surface area (Å²) in [4.78, 5) is 37.9. The fourth-order valence-corrected chi connectivity index (χ4v) is 3.54. The molecule has 156 valence electrons. The highest BCUT2D eigenvalue weighted by atomic mass is 35.5. The molecule has 0 radical (unpaired) electrons. The number of hydrogen-bond acceptors (Lipinski definition) is 6. The van der Waals surface area contributed by atoms with Gasteiger partial charge in [0.1, 0.15) is 0 Å². The van der Waals surface area contributed by atoms with Gasteiger partial charge >= 0.3 is 5.97 Å². The van der Waals surface area contributed by atoms with Gasteiger partial charge in [0.05, 0.1) is 27.7 Å². The van der Waals surface area contributed by atoms with E-state index in [1.165, 1.54) is 0 Å². The Morgan fingerprint density at radius 2 is 1.66 bits per heavy atom. The second kappa shape index (κ2) is 9.13. The van der Waals surface area contributed by atoms with Crippen molar-refractivity contribution in [2.24, 2.45) is 5.92 Å². The Labute approximate surface area is 179 Å². The van der Waals surface area contributed by atoms with Crippen LogP contribution in [0.25, 0.3) is 11.0 Å². The number of anilines is 1. The summed E-state index contributed by atoms with van der Waals surface area (Å²) in [6.45, 7) is 8.15. The molecule has 1 aliphatic heterocycles. The molecule has 9 heteroatoms. The predicted molar refractivity (Wildman–Crippen MR) is 114 cm³/mol. The van der Waals surface area contributed by atoms with Crippen LogP contribution in [0.4, 0.5) is 5.82 Å². The molecule has 1 amide bonds. The molecule has 1 aliphatic rings. The standard InChI is InChI=1S/C20H24Cl2N4O3/c1-4-12(3)19(27)26-8-6-25(7-9-26)18-17(20(28)29-5-2)23-15-10-13(21)14(22)11-16(15)24-18/h10-12H,4-9H2,1-3H3/t12-/m1/s1. The lowest BCUT2D eigenvalue weighted by Gasteiger charge is -2.36. The molecule has 2 heterocycles. The van der Waals surface area contributed by atoms with Gasteiger partial charge in [-0.3, -0.25) is 4.79 Å². The highest BCUT2D eigenvalue weighted by Gasteiger charge is 2.28. The van der Waals surface area contributed by atoms with Crippen molar-refractivity contribution in [3.63, 3.8) is 0 Å². The largest absolute Gasteiger partial charge is 0.461 e. The molecule has 0 N–H and O–H groups in total. The van der Waals surface area contributed by atoms with Crippen molar-refractivity contribution < 1.29 is 14.3 Å². The average molecular weight is 439 g/mol. The molecule has 1 fully saturated rings. The highest BCUT2D eigenvalue weighted by Crippen LogP contribution is 2.29. The minimum absolute atomic E-state index is 0.00370. The third-order valence-corrected chi connectivity index (χ3v) is 5.80. The maximum Gasteiger partial charge on any atom is 0.360 e. The molecule has 0 saturated carbocycles. The number of carbonyl (C=O) groups is 2. The lowest BCUT2D eigenvalue weighted by Crippen LogP contribution is -2.50. The lowest BCUT2D eigenvalue weighted by atomic mass is 10.1. The molecule has 7 nitrogen and oxygen atoms in total. The molecule has 0 aliphatic carbocycles. The van der Waals surface area contributed by atoms with Crippen LogP contribution >= 0.6 is 23.2 Å². The summed E-state index contributed by atoms with van der Waals surface area (Å²) in [5.74, 6) is 0.0545. The maximum atomic E-state index is 12.5. The van der Waals surface area contributed by atoms with E-state index in [9.17, 15) is 9.59 Å². The number of rotatable bonds is 5. The van der Waals surface area contributed by atoms with Crippen molar-refractivity contribution in [1.29, 1.82) is 0 Å². The van der Waals surface area contributed by atoms with E-state index in [1.54, 1.807) is 19.1 Å². The summed E-state index contributed by atoms with van der Waals surface area (Å²) in [7, 11) is 0. The second-order valence-corrected chi connectivity index (χ2v) is 7.81. The molecule has 1 aromatic heterocycles. The Kier molecular flexibility index (Phi) is 6.80. The van der Waals surface area contributed by atoms with Crippen LogP contribution in [-0.4, -0.2) is 59.5 Å². The smallest absolute Gasteiger partial charge is 0.360 e. The maximum absolute atomic E-state index is 12.5. The topological polar surface area (TPSA) is 75.6 Å². The van der Waals surface area contributed by atoms with E-state index in [2.05, 4.69) is 9.97 Å². The number of nitrogens with zero attached hydrogens (tertiary/aromatic N) is 4. The van der Waals surface area contributed by atoms with Gasteiger partial charge < -0.3 is 14.5 Å². The number of carbonyl (C=O) groups excluding carboxylic acids is 2. The number of amides is 1. The van der Waals surface area contributed by atoms with Crippen molar-refractivity contribution in [2.75, 3.05) is 37.7 Å². The zero-order chi connectivity index (χ0) is 21.1. The van der Waals surface area contributed by atoms with Crippen molar-refractivity contribution in [2.45, 2.75) is 27.2 Å². The number of fused-ring (bicyclic) bond motifs is 1. The van der Waals surface area contributed by atoms with Crippen LogP contribution < -0.4 is 4.90 Å².